The molecule has 0 bridgehead atoms. The van der Waals surface area contributed by atoms with Gasteiger partial charge in [-0.15, -0.1) is 0 Å². The highest BCUT2D eigenvalue weighted by Crippen LogP contribution is 2.26. The van der Waals surface area contributed by atoms with Crippen molar-refractivity contribution in [2.75, 3.05) is 0 Å². The van der Waals surface area contributed by atoms with Crippen molar-refractivity contribution >= 4 is 21.9 Å². The Balaban J connectivity index is 2.01. The van der Waals surface area contributed by atoms with E-state index in [1.54, 1.807) is 0 Å². The lowest BCUT2D eigenvalue weighted by atomic mass is 10.1. The van der Waals surface area contributed by atoms with Crippen LogP contribution in [0.15, 0.2) is 54.6 Å². The van der Waals surface area contributed by atoms with Crippen LogP contribution in [0.25, 0.3) is 33.2 Å². The molecule has 1 N–H and O–H groups in total. The molecule has 3 heteroatoms. The van der Waals surface area contributed by atoms with Gasteiger partial charge in [0.05, 0.1) is 22.2 Å². The molecule has 1 radical (unpaired) electrons. The SMILES string of the molecule is [c]1nc2c(-c3ccc4ccccc4n3)cccc2[nH]1. The molecule has 0 atom stereocenters. The van der Waals surface area contributed by atoms with E-state index in [0.717, 1.165) is 33.2 Å². The summed E-state index contributed by atoms with van der Waals surface area (Å²) in [6, 6.07) is 18.3. The number of fused-ring (bicyclic) bond motifs is 2. The van der Waals surface area contributed by atoms with Crippen molar-refractivity contribution in [3.05, 3.63) is 60.9 Å². The number of pyridine rings is 1. The van der Waals surface area contributed by atoms with Crippen molar-refractivity contribution in [3.8, 4) is 11.3 Å². The van der Waals surface area contributed by atoms with Gasteiger partial charge in [0.15, 0.2) is 6.33 Å². The van der Waals surface area contributed by atoms with Crippen molar-refractivity contribution in [2.45, 2.75) is 0 Å². The van der Waals surface area contributed by atoms with Crippen LogP contribution in [0.2, 0.25) is 0 Å². The van der Waals surface area contributed by atoms with Crippen LogP contribution in [0.5, 0.6) is 0 Å². The molecule has 2 heterocycles. The van der Waals surface area contributed by atoms with E-state index in [9.17, 15) is 0 Å². The number of benzene rings is 2. The molecule has 0 spiro atoms. The van der Waals surface area contributed by atoms with Gasteiger partial charge in [-0.1, -0.05) is 36.4 Å². The molecule has 3 nitrogen and oxygen atoms in total. The van der Waals surface area contributed by atoms with Crippen LogP contribution < -0.4 is 0 Å². The summed E-state index contributed by atoms with van der Waals surface area (Å²) in [5, 5.41) is 1.15. The van der Waals surface area contributed by atoms with Crippen LogP contribution in [-0.4, -0.2) is 15.0 Å². The van der Waals surface area contributed by atoms with Gasteiger partial charge < -0.3 is 4.98 Å². The quantitative estimate of drug-likeness (QED) is 0.556. The fourth-order valence-corrected chi connectivity index (χ4v) is 2.33. The van der Waals surface area contributed by atoms with Gasteiger partial charge >= 0.3 is 0 Å². The summed E-state index contributed by atoms with van der Waals surface area (Å²) < 4.78 is 0. The molecule has 0 aliphatic carbocycles. The summed E-state index contributed by atoms with van der Waals surface area (Å²) in [7, 11) is 0. The topological polar surface area (TPSA) is 41.6 Å². The Hall–Kier alpha value is -2.68. The zero-order chi connectivity index (χ0) is 12.7. The van der Waals surface area contributed by atoms with Crippen molar-refractivity contribution in [1.29, 1.82) is 0 Å². The van der Waals surface area contributed by atoms with Gasteiger partial charge in [-0.2, -0.15) is 0 Å². The van der Waals surface area contributed by atoms with Gasteiger partial charge in [-0.25, -0.2) is 9.97 Å². The Bertz CT molecular complexity index is 877. The Labute approximate surface area is 110 Å². The number of imidazole rings is 1. The molecule has 19 heavy (non-hydrogen) atoms. The highest BCUT2D eigenvalue weighted by Gasteiger charge is 2.07. The van der Waals surface area contributed by atoms with E-state index in [1.807, 2.05) is 42.5 Å². The number of aromatic nitrogens is 3. The van der Waals surface area contributed by atoms with E-state index in [0.29, 0.717) is 0 Å². The molecule has 0 fully saturated rings. The minimum absolute atomic E-state index is 0.908. The van der Waals surface area contributed by atoms with Gasteiger partial charge in [0, 0.05) is 10.9 Å². The summed E-state index contributed by atoms with van der Waals surface area (Å²) in [6.45, 7) is 0. The normalized spacial score (nSPS) is 11.2. The maximum Gasteiger partial charge on any atom is 0.174 e. The standard InChI is InChI=1S/C16H10N3/c1-2-6-13-11(4-1)8-9-14(19-13)12-5-3-7-15-16(12)18-10-17-15/h1-9H,(H,17,18). The molecule has 0 saturated carbocycles. The molecule has 0 aliphatic rings. The lowest BCUT2D eigenvalue weighted by molar-refractivity contribution is 1.32. The molecule has 0 aliphatic heterocycles. The molecule has 4 aromatic rings. The van der Waals surface area contributed by atoms with Crippen molar-refractivity contribution < 1.29 is 0 Å². The van der Waals surface area contributed by atoms with E-state index < -0.39 is 0 Å². The van der Waals surface area contributed by atoms with Gasteiger partial charge in [-0.3, -0.25) is 0 Å². The fraction of sp³-hybridized carbons (Fsp3) is 0. The second-order valence-electron chi connectivity index (χ2n) is 4.44. The Morgan fingerprint density at radius 2 is 1.84 bits per heavy atom. The van der Waals surface area contributed by atoms with Crippen molar-refractivity contribution in [2.24, 2.45) is 0 Å². The highest BCUT2D eigenvalue weighted by molar-refractivity contribution is 5.92. The number of hydrogen-bond acceptors (Lipinski definition) is 2. The molecule has 4 rings (SSSR count). The number of nitrogens with zero attached hydrogens (tertiary/aromatic N) is 2. The largest absolute Gasteiger partial charge is 0.335 e. The van der Waals surface area contributed by atoms with Crippen LogP contribution in [-0.2, 0) is 0 Å². The summed E-state index contributed by atoms with van der Waals surface area (Å²) in [5.41, 5.74) is 4.85. The van der Waals surface area contributed by atoms with Gasteiger partial charge in [0.25, 0.3) is 0 Å². The second kappa shape index (κ2) is 3.92. The molecule has 0 amide bonds. The van der Waals surface area contributed by atoms with E-state index >= 15 is 0 Å². The Morgan fingerprint density at radius 3 is 2.84 bits per heavy atom. The van der Waals surface area contributed by atoms with Gasteiger partial charge in [-0.05, 0) is 18.2 Å². The Morgan fingerprint density at radius 1 is 0.895 bits per heavy atom. The summed E-state index contributed by atoms with van der Waals surface area (Å²) in [6.07, 6.45) is 2.78. The maximum absolute atomic E-state index is 4.71. The number of nitrogens with one attached hydrogen (secondary N) is 1. The average Bonchev–Trinajstić information content (AvgIpc) is 2.95. The number of hydrogen-bond donors (Lipinski definition) is 1. The molecule has 2 aromatic carbocycles. The summed E-state index contributed by atoms with van der Waals surface area (Å²) in [5.74, 6) is 0. The predicted molar refractivity (Wildman–Crippen MR) is 75.7 cm³/mol. The van der Waals surface area contributed by atoms with E-state index in [4.69, 9.17) is 4.98 Å². The number of H-pyrrole nitrogens is 1. The smallest absolute Gasteiger partial charge is 0.174 e. The van der Waals surface area contributed by atoms with Crippen LogP contribution in [0.4, 0.5) is 0 Å². The molecule has 2 aromatic heterocycles. The third-order valence-corrected chi connectivity index (χ3v) is 3.27. The van der Waals surface area contributed by atoms with E-state index in [1.165, 1.54) is 0 Å². The molecular weight excluding hydrogens is 234 g/mol. The third kappa shape index (κ3) is 1.59. The van der Waals surface area contributed by atoms with Crippen LogP contribution >= 0.6 is 0 Å². The predicted octanol–water partition coefficient (Wildman–Crippen LogP) is 3.58. The van der Waals surface area contributed by atoms with E-state index in [2.05, 4.69) is 28.4 Å². The third-order valence-electron chi connectivity index (χ3n) is 3.27. The summed E-state index contributed by atoms with van der Waals surface area (Å²) in [4.78, 5) is 12.0. The maximum atomic E-state index is 4.71. The first-order valence-corrected chi connectivity index (χ1v) is 6.13. The van der Waals surface area contributed by atoms with Crippen LogP contribution in [0.3, 0.4) is 0 Å². The number of para-hydroxylation sites is 2. The lowest BCUT2D eigenvalue weighted by Gasteiger charge is -2.04. The first-order chi connectivity index (χ1) is 9.42. The van der Waals surface area contributed by atoms with Crippen LogP contribution in [0, 0.1) is 6.33 Å². The summed E-state index contributed by atoms with van der Waals surface area (Å²) >= 11 is 0. The van der Waals surface area contributed by atoms with Crippen molar-refractivity contribution in [1.82, 2.24) is 15.0 Å². The van der Waals surface area contributed by atoms with E-state index in [-0.39, 0.29) is 0 Å². The number of rotatable bonds is 1. The second-order valence-corrected chi connectivity index (χ2v) is 4.44. The van der Waals surface area contributed by atoms with Crippen LogP contribution in [0.1, 0.15) is 0 Å². The van der Waals surface area contributed by atoms with Gasteiger partial charge in [0.1, 0.15) is 0 Å². The number of aromatic amines is 1. The van der Waals surface area contributed by atoms with Gasteiger partial charge in [0.2, 0.25) is 0 Å². The first-order valence-electron chi connectivity index (χ1n) is 6.13. The molecule has 0 saturated heterocycles. The minimum Gasteiger partial charge on any atom is -0.335 e. The monoisotopic (exact) mass is 244 g/mol. The Kier molecular flexibility index (Phi) is 2.12. The zero-order valence-electron chi connectivity index (χ0n) is 10.1. The highest BCUT2D eigenvalue weighted by atomic mass is 14.9. The lowest BCUT2D eigenvalue weighted by Crippen LogP contribution is -1.86. The molecule has 89 valence electrons. The first kappa shape index (κ1) is 10.3. The zero-order valence-corrected chi connectivity index (χ0v) is 10.1. The molecule has 0 unspecified atom stereocenters. The minimum atomic E-state index is 0.908. The fourth-order valence-electron chi connectivity index (χ4n) is 2.33. The average molecular weight is 244 g/mol. The van der Waals surface area contributed by atoms with Crippen molar-refractivity contribution in [3.63, 3.8) is 0 Å². The molecular formula is C16H10N3.